The largest absolute Gasteiger partial charge is 0.504 e. The Hall–Kier alpha value is -2.68. The molecule has 0 heterocycles. The smallest absolute Gasteiger partial charge is 0.204 e. The van der Waals surface area contributed by atoms with E-state index in [1.807, 2.05) is 0 Å². The number of methoxy groups -OCH3 is 3. The van der Waals surface area contributed by atoms with Crippen LogP contribution < -0.4 is 18.9 Å². The van der Waals surface area contributed by atoms with E-state index >= 15 is 0 Å². The Balaban J connectivity index is 2.36. The number of rotatable bonds is 9. The Labute approximate surface area is 157 Å². The summed E-state index contributed by atoms with van der Waals surface area (Å²) in [5, 5.41) is 39.4. The maximum atomic E-state index is 10.6. The minimum atomic E-state index is -1.23. The van der Waals surface area contributed by atoms with Gasteiger partial charge in [-0.15, -0.1) is 0 Å². The average molecular weight is 380 g/mol. The molecule has 0 bridgehead atoms. The van der Waals surface area contributed by atoms with E-state index in [0.29, 0.717) is 11.1 Å². The van der Waals surface area contributed by atoms with Crippen molar-refractivity contribution in [2.45, 2.75) is 18.8 Å². The van der Waals surface area contributed by atoms with Gasteiger partial charge >= 0.3 is 0 Å². The number of aromatic hydroxyl groups is 1. The lowest BCUT2D eigenvalue weighted by Gasteiger charge is -2.25. The molecular formula is C19H24O8. The molecule has 0 aliphatic rings. The summed E-state index contributed by atoms with van der Waals surface area (Å²) < 4.78 is 21.4. The highest BCUT2D eigenvalue weighted by Crippen LogP contribution is 2.40. The minimum Gasteiger partial charge on any atom is -0.504 e. The quantitative estimate of drug-likeness (QED) is 0.515. The van der Waals surface area contributed by atoms with E-state index in [9.17, 15) is 20.4 Å². The van der Waals surface area contributed by atoms with Gasteiger partial charge in [-0.05, 0) is 35.4 Å². The Morgan fingerprint density at radius 3 is 1.96 bits per heavy atom. The standard InChI is InChI=1S/C19H24O8/c1-24-14-8-12(4-5-13(14)22)18(23)17(10-21)27-19-15(25-2)6-11(9-20)7-16(19)26-3/h4-8,17-18,20-23H,9-10H2,1-3H3. The van der Waals surface area contributed by atoms with Gasteiger partial charge in [0.15, 0.2) is 29.1 Å². The molecule has 8 heteroatoms. The molecule has 0 saturated carbocycles. The lowest BCUT2D eigenvalue weighted by Crippen LogP contribution is -2.29. The van der Waals surface area contributed by atoms with Crippen molar-refractivity contribution in [1.82, 2.24) is 0 Å². The summed E-state index contributed by atoms with van der Waals surface area (Å²) in [5.41, 5.74) is 0.939. The van der Waals surface area contributed by atoms with E-state index in [4.69, 9.17) is 18.9 Å². The van der Waals surface area contributed by atoms with Gasteiger partial charge < -0.3 is 39.4 Å². The van der Waals surface area contributed by atoms with Gasteiger partial charge in [-0.3, -0.25) is 0 Å². The van der Waals surface area contributed by atoms with E-state index in [1.165, 1.54) is 39.5 Å². The van der Waals surface area contributed by atoms with Gasteiger partial charge in [-0.1, -0.05) is 6.07 Å². The second-order valence-electron chi connectivity index (χ2n) is 5.70. The lowest BCUT2D eigenvalue weighted by atomic mass is 10.0. The molecule has 0 aliphatic carbocycles. The first-order valence-electron chi connectivity index (χ1n) is 8.17. The molecule has 0 amide bonds. The Morgan fingerprint density at radius 2 is 1.48 bits per heavy atom. The zero-order valence-corrected chi connectivity index (χ0v) is 15.4. The highest BCUT2D eigenvalue weighted by molar-refractivity contribution is 5.54. The molecule has 27 heavy (non-hydrogen) atoms. The van der Waals surface area contributed by atoms with Gasteiger partial charge in [-0.2, -0.15) is 0 Å². The molecule has 0 spiro atoms. The van der Waals surface area contributed by atoms with Crippen molar-refractivity contribution in [3.63, 3.8) is 0 Å². The lowest BCUT2D eigenvalue weighted by molar-refractivity contribution is -0.00177. The van der Waals surface area contributed by atoms with Crippen LogP contribution in [0.1, 0.15) is 17.2 Å². The van der Waals surface area contributed by atoms with Crippen LogP contribution in [0.25, 0.3) is 0 Å². The molecule has 0 aromatic heterocycles. The van der Waals surface area contributed by atoms with Crippen molar-refractivity contribution >= 4 is 0 Å². The van der Waals surface area contributed by atoms with Crippen LogP contribution in [0.2, 0.25) is 0 Å². The van der Waals surface area contributed by atoms with Crippen molar-refractivity contribution in [1.29, 1.82) is 0 Å². The predicted molar refractivity (Wildman–Crippen MR) is 96.6 cm³/mol. The van der Waals surface area contributed by atoms with Gasteiger partial charge in [0.05, 0.1) is 34.5 Å². The predicted octanol–water partition coefficient (Wildman–Crippen LogP) is 1.38. The molecule has 2 aromatic rings. The summed E-state index contributed by atoms with van der Waals surface area (Å²) in [6, 6.07) is 7.47. The number of benzene rings is 2. The fourth-order valence-corrected chi connectivity index (χ4v) is 2.59. The Bertz CT molecular complexity index is 736. The molecule has 0 fully saturated rings. The monoisotopic (exact) mass is 380 g/mol. The van der Waals surface area contributed by atoms with Crippen LogP contribution in [-0.4, -0.2) is 54.5 Å². The molecule has 8 nitrogen and oxygen atoms in total. The third kappa shape index (κ3) is 4.54. The number of aliphatic hydroxyl groups excluding tert-OH is 3. The van der Waals surface area contributed by atoms with E-state index in [-0.39, 0.29) is 35.4 Å². The summed E-state index contributed by atoms with van der Waals surface area (Å²) in [6.07, 6.45) is -2.28. The average Bonchev–Trinajstić information content (AvgIpc) is 2.71. The van der Waals surface area contributed by atoms with E-state index in [0.717, 1.165) is 0 Å². The SMILES string of the molecule is COc1cc(C(O)C(CO)Oc2c(OC)cc(CO)cc2OC)ccc1O. The number of phenols is 1. The number of hydrogen-bond donors (Lipinski definition) is 4. The van der Waals surface area contributed by atoms with Crippen molar-refractivity contribution < 1.29 is 39.4 Å². The molecule has 2 unspecified atom stereocenters. The second-order valence-corrected chi connectivity index (χ2v) is 5.70. The van der Waals surface area contributed by atoms with E-state index in [1.54, 1.807) is 12.1 Å². The van der Waals surface area contributed by atoms with Crippen LogP contribution in [-0.2, 0) is 6.61 Å². The number of hydrogen-bond acceptors (Lipinski definition) is 8. The summed E-state index contributed by atoms with van der Waals surface area (Å²) in [4.78, 5) is 0. The number of aliphatic hydroxyl groups is 3. The maximum absolute atomic E-state index is 10.6. The van der Waals surface area contributed by atoms with E-state index < -0.39 is 18.8 Å². The van der Waals surface area contributed by atoms with Gasteiger partial charge in [0.1, 0.15) is 6.10 Å². The maximum Gasteiger partial charge on any atom is 0.204 e. The second kappa shape index (κ2) is 9.31. The first-order valence-corrected chi connectivity index (χ1v) is 8.17. The summed E-state index contributed by atoms with van der Waals surface area (Å²) in [5.74, 6) is 0.865. The van der Waals surface area contributed by atoms with Crippen LogP contribution in [0.4, 0.5) is 0 Å². The van der Waals surface area contributed by atoms with Gasteiger partial charge in [-0.25, -0.2) is 0 Å². The first-order chi connectivity index (χ1) is 13.0. The van der Waals surface area contributed by atoms with Gasteiger partial charge in [0, 0.05) is 0 Å². The summed E-state index contributed by atoms with van der Waals surface area (Å²) in [7, 11) is 4.25. The fraction of sp³-hybridized carbons (Fsp3) is 0.368. The number of phenolic OH excluding ortho intramolecular Hbond substituents is 1. The molecule has 2 rings (SSSR count). The minimum absolute atomic E-state index is 0.0714. The van der Waals surface area contributed by atoms with Crippen molar-refractivity contribution in [2.24, 2.45) is 0 Å². The van der Waals surface area contributed by atoms with E-state index in [2.05, 4.69) is 0 Å². The summed E-state index contributed by atoms with van der Waals surface area (Å²) in [6.45, 7) is -0.717. The third-order valence-electron chi connectivity index (χ3n) is 4.05. The highest BCUT2D eigenvalue weighted by Gasteiger charge is 2.26. The van der Waals surface area contributed by atoms with Crippen LogP contribution in [0.3, 0.4) is 0 Å². The molecular weight excluding hydrogens is 356 g/mol. The van der Waals surface area contributed by atoms with Crippen molar-refractivity contribution in [2.75, 3.05) is 27.9 Å². The zero-order chi connectivity index (χ0) is 20.0. The molecule has 2 aromatic carbocycles. The van der Waals surface area contributed by atoms with Crippen LogP contribution in [0.15, 0.2) is 30.3 Å². The molecule has 4 N–H and O–H groups in total. The van der Waals surface area contributed by atoms with Crippen molar-refractivity contribution in [3.8, 4) is 28.7 Å². The van der Waals surface area contributed by atoms with Crippen LogP contribution in [0.5, 0.6) is 28.7 Å². The molecule has 0 aliphatic heterocycles. The first kappa shape index (κ1) is 20.6. The highest BCUT2D eigenvalue weighted by atomic mass is 16.6. The number of ether oxygens (including phenoxy) is 4. The van der Waals surface area contributed by atoms with Crippen LogP contribution in [0, 0.1) is 0 Å². The molecule has 148 valence electrons. The Morgan fingerprint density at radius 1 is 0.889 bits per heavy atom. The zero-order valence-electron chi connectivity index (χ0n) is 15.4. The van der Waals surface area contributed by atoms with Crippen LogP contribution >= 0.6 is 0 Å². The molecule has 2 atom stereocenters. The summed E-state index contributed by atoms with van der Waals surface area (Å²) >= 11 is 0. The van der Waals surface area contributed by atoms with Gasteiger partial charge in [0.2, 0.25) is 5.75 Å². The fourth-order valence-electron chi connectivity index (χ4n) is 2.59. The Kier molecular flexibility index (Phi) is 7.12. The topological polar surface area (TPSA) is 118 Å². The van der Waals surface area contributed by atoms with Crippen molar-refractivity contribution in [3.05, 3.63) is 41.5 Å². The van der Waals surface area contributed by atoms with Gasteiger partial charge in [0.25, 0.3) is 0 Å². The normalized spacial score (nSPS) is 13.0. The molecule has 0 radical (unpaired) electrons. The molecule has 0 saturated heterocycles. The third-order valence-corrected chi connectivity index (χ3v) is 4.05.